The van der Waals surface area contributed by atoms with Gasteiger partial charge < -0.3 is 19.5 Å². The highest BCUT2D eigenvalue weighted by Crippen LogP contribution is 2.21. The first-order valence-electron chi connectivity index (χ1n) is 7.02. The highest BCUT2D eigenvalue weighted by Gasteiger charge is 2.30. The smallest absolute Gasteiger partial charge is 0.407 e. The van der Waals surface area contributed by atoms with Gasteiger partial charge in [-0.3, -0.25) is 0 Å². The van der Waals surface area contributed by atoms with Gasteiger partial charge in [-0.2, -0.15) is 0 Å². The van der Waals surface area contributed by atoms with Crippen molar-refractivity contribution in [2.75, 3.05) is 25.1 Å². The van der Waals surface area contributed by atoms with Gasteiger partial charge in [0.05, 0.1) is 18.2 Å². The van der Waals surface area contributed by atoms with Gasteiger partial charge in [0.2, 0.25) is 0 Å². The summed E-state index contributed by atoms with van der Waals surface area (Å²) in [6, 6.07) is 0. The lowest BCUT2D eigenvalue weighted by molar-refractivity contribution is -0.104. The fraction of sp³-hybridized carbons (Fsp3) is 0.929. The fourth-order valence-corrected chi connectivity index (χ4v) is 2.22. The molecule has 5 nitrogen and oxygen atoms in total. The van der Waals surface area contributed by atoms with Crippen LogP contribution in [0.4, 0.5) is 4.79 Å². The van der Waals surface area contributed by atoms with Crippen molar-refractivity contribution in [2.45, 2.75) is 57.8 Å². The van der Waals surface area contributed by atoms with Crippen LogP contribution in [0.1, 0.15) is 40.5 Å². The number of carbonyl (C=O) groups is 1. The van der Waals surface area contributed by atoms with Gasteiger partial charge in [-0.05, 0) is 40.5 Å². The number of amides is 1. The standard InChI is InChI=1S/C14H26BrNO4/c1-13(2,3)20-12(17)16-10-14(4,9-15)19-11-5-7-18-8-6-11/h11H,5-10H2,1-4H3,(H,16,17). The van der Waals surface area contributed by atoms with Gasteiger partial charge >= 0.3 is 6.09 Å². The second-order valence-corrected chi connectivity index (χ2v) is 6.93. The lowest BCUT2D eigenvalue weighted by atomic mass is 10.1. The normalized spacial score (nSPS) is 20.2. The van der Waals surface area contributed by atoms with E-state index in [9.17, 15) is 4.79 Å². The summed E-state index contributed by atoms with van der Waals surface area (Å²) in [6.07, 6.45) is 1.57. The van der Waals surface area contributed by atoms with Crippen LogP contribution < -0.4 is 5.32 Å². The maximum Gasteiger partial charge on any atom is 0.407 e. The average Bonchev–Trinajstić information content (AvgIpc) is 2.36. The van der Waals surface area contributed by atoms with Gasteiger partial charge in [0.15, 0.2) is 0 Å². The second kappa shape index (κ2) is 7.61. The molecule has 1 heterocycles. The number of hydrogen-bond acceptors (Lipinski definition) is 4. The van der Waals surface area contributed by atoms with E-state index in [-0.39, 0.29) is 6.10 Å². The Morgan fingerprint density at radius 2 is 1.90 bits per heavy atom. The van der Waals surface area contributed by atoms with E-state index in [4.69, 9.17) is 14.2 Å². The molecular formula is C14H26BrNO4. The monoisotopic (exact) mass is 351 g/mol. The number of ether oxygens (including phenoxy) is 3. The van der Waals surface area contributed by atoms with Gasteiger partial charge in [-0.1, -0.05) is 15.9 Å². The van der Waals surface area contributed by atoms with Crippen LogP contribution >= 0.6 is 15.9 Å². The summed E-state index contributed by atoms with van der Waals surface area (Å²) in [6.45, 7) is 9.39. The van der Waals surface area contributed by atoms with Crippen LogP contribution in [0.25, 0.3) is 0 Å². The summed E-state index contributed by atoms with van der Waals surface area (Å²) in [5, 5.41) is 3.42. The summed E-state index contributed by atoms with van der Waals surface area (Å²) in [5.74, 6) is 0. The van der Waals surface area contributed by atoms with Crippen molar-refractivity contribution in [1.82, 2.24) is 5.32 Å². The van der Waals surface area contributed by atoms with Crippen molar-refractivity contribution in [3.8, 4) is 0 Å². The van der Waals surface area contributed by atoms with E-state index in [1.165, 1.54) is 0 Å². The molecule has 0 aromatic heterocycles. The summed E-state index contributed by atoms with van der Waals surface area (Å²) in [5.41, 5.74) is -0.935. The van der Waals surface area contributed by atoms with Crippen LogP contribution in [-0.2, 0) is 14.2 Å². The quantitative estimate of drug-likeness (QED) is 0.773. The number of hydrogen-bond donors (Lipinski definition) is 1. The SMILES string of the molecule is CC(C)(C)OC(=O)NCC(C)(CBr)OC1CCOCC1. The molecule has 118 valence electrons. The number of alkyl carbamates (subject to hydrolysis) is 1. The van der Waals surface area contributed by atoms with Crippen LogP contribution in [0.2, 0.25) is 0 Å². The molecule has 1 rings (SSSR count). The Balaban J connectivity index is 2.41. The minimum absolute atomic E-state index is 0.187. The van der Waals surface area contributed by atoms with Crippen molar-refractivity contribution in [2.24, 2.45) is 0 Å². The molecule has 1 atom stereocenters. The number of alkyl halides is 1. The first-order chi connectivity index (χ1) is 9.24. The third-order valence-electron chi connectivity index (χ3n) is 2.91. The highest BCUT2D eigenvalue weighted by atomic mass is 79.9. The Morgan fingerprint density at radius 3 is 2.40 bits per heavy atom. The largest absolute Gasteiger partial charge is 0.444 e. The maximum atomic E-state index is 11.7. The zero-order valence-electron chi connectivity index (χ0n) is 12.8. The van der Waals surface area contributed by atoms with E-state index < -0.39 is 17.3 Å². The van der Waals surface area contributed by atoms with Crippen LogP contribution in [0.15, 0.2) is 0 Å². The third kappa shape index (κ3) is 6.90. The van der Waals surface area contributed by atoms with E-state index in [0.29, 0.717) is 11.9 Å². The van der Waals surface area contributed by atoms with Crippen LogP contribution in [0.5, 0.6) is 0 Å². The van der Waals surface area contributed by atoms with E-state index in [1.807, 2.05) is 27.7 Å². The lowest BCUT2D eigenvalue weighted by Gasteiger charge is -2.34. The molecule has 0 radical (unpaired) electrons. The molecule has 1 amide bonds. The fourth-order valence-electron chi connectivity index (χ4n) is 1.89. The molecule has 20 heavy (non-hydrogen) atoms. The lowest BCUT2D eigenvalue weighted by Crippen LogP contribution is -2.48. The Morgan fingerprint density at radius 1 is 1.30 bits per heavy atom. The highest BCUT2D eigenvalue weighted by molar-refractivity contribution is 9.09. The van der Waals surface area contributed by atoms with E-state index >= 15 is 0 Å². The van der Waals surface area contributed by atoms with Crippen LogP contribution in [0, 0.1) is 0 Å². The molecule has 0 spiro atoms. The number of rotatable bonds is 5. The Hall–Kier alpha value is -0.330. The summed E-state index contributed by atoms with van der Waals surface area (Å²) in [4.78, 5) is 11.7. The summed E-state index contributed by atoms with van der Waals surface area (Å²) in [7, 11) is 0. The summed E-state index contributed by atoms with van der Waals surface area (Å²) >= 11 is 3.46. The molecule has 0 saturated carbocycles. The van der Waals surface area contributed by atoms with Gasteiger partial charge in [-0.25, -0.2) is 4.79 Å². The van der Waals surface area contributed by atoms with Crippen molar-refractivity contribution < 1.29 is 19.0 Å². The zero-order chi connectivity index (χ0) is 15.2. The van der Waals surface area contributed by atoms with E-state index in [0.717, 1.165) is 26.1 Å². The molecule has 1 fully saturated rings. The van der Waals surface area contributed by atoms with Crippen molar-refractivity contribution in [1.29, 1.82) is 0 Å². The average molecular weight is 352 g/mol. The molecular weight excluding hydrogens is 326 g/mol. The number of carbonyl (C=O) groups excluding carboxylic acids is 1. The van der Waals surface area contributed by atoms with Gasteiger partial charge in [0.1, 0.15) is 5.60 Å². The molecule has 6 heteroatoms. The van der Waals surface area contributed by atoms with Gasteiger partial charge in [0.25, 0.3) is 0 Å². The second-order valence-electron chi connectivity index (χ2n) is 6.37. The van der Waals surface area contributed by atoms with Crippen molar-refractivity contribution >= 4 is 22.0 Å². The Labute approximate surface area is 129 Å². The Bertz CT molecular complexity index is 313. The zero-order valence-corrected chi connectivity index (χ0v) is 14.4. The topological polar surface area (TPSA) is 56.8 Å². The molecule has 0 aromatic carbocycles. The predicted molar refractivity (Wildman–Crippen MR) is 81.4 cm³/mol. The molecule has 1 aliphatic rings. The van der Waals surface area contributed by atoms with Crippen LogP contribution in [0.3, 0.4) is 0 Å². The van der Waals surface area contributed by atoms with E-state index in [2.05, 4.69) is 21.2 Å². The summed E-state index contributed by atoms with van der Waals surface area (Å²) < 4.78 is 16.7. The molecule has 0 bridgehead atoms. The number of nitrogens with one attached hydrogen (secondary N) is 1. The van der Waals surface area contributed by atoms with Crippen molar-refractivity contribution in [3.05, 3.63) is 0 Å². The van der Waals surface area contributed by atoms with E-state index in [1.54, 1.807) is 0 Å². The van der Waals surface area contributed by atoms with Gasteiger partial charge in [-0.15, -0.1) is 0 Å². The minimum Gasteiger partial charge on any atom is -0.444 e. The minimum atomic E-state index is -0.490. The first kappa shape index (κ1) is 17.7. The molecule has 1 aliphatic heterocycles. The maximum absolute atomic E-state index is 11.7. The third-order valence-corrected chi connectivity index (χ3v) is 4.09. The number of halogens is 1. The van der Waals surface area contributed by atoms with Crippen molar-refractivity contribution in [3.63, 3.8) is 0 Å². The molecule has 1 unspecified atom stereocenters. The van der Waals surface area contributed by atoms with Crippen LogP contribution in [-0.4, -0.2) is 48.5 Å². The first-order valence-corrected chi connectivity index (χ1v) is 8.15. The molecule has 0 aromatic rings. The van der Waals surface area contributed by atoms with Gasteiger partial charge in [0, 0.05) is 18.5 Å². The Kier molecular flexibility index (Phi) is 6.75. The molecule has 1 N–H and O–H groups in total. The molecule has 0 aliphatic carbocycles. The molecule has 1 saturated heterocycles. The predicted octanol–water partition coefficient (Wildman–Crippen LogP) is 2.86.